The van der Waals surface area contributed by atoms with Gasteiger partial charge in [-0.1, -0.05) is 22.8 Å². The van der Waals surface area contributed by atoms with Gasteiger partial charge in [0, 0.05) is 34.5 Å². The molecule has 7 heteroatoms. The van der Waals surface area contributed by atoms with Crippen LogP contribution in [0.1, 0.15) is 17.9 Å². The predicted octanol–water partition coefficient (Wildman–Crippen LogP) is 4.33. The molecule has 1 amide bonds. The Morgan fingerprint density at radius 2 is 2.26 bits per heavy atom. The highest BCUT2D eigenvalue weighted by Gasteiger charge is 2.11. The van der Waals surface area contributed by atoms with Crippen molar-refractivity contribution < 1.29 is 9.32 Å². The fraction of sp³-hybridized carbons (Fsp3) is 0.188. The number of carbonyl (C=O) groups is 1. The van der Waals surface area contributed by atoms with Crippen molar-refractivity contribution in [3.63, 3.8) is 0 Å². The highest BCUT2D eigenvalue weighted by atomic mass is 35.5. The molecule has 2 aromatic heterocycles. The summed E-state index contributed by atoms with van der Waals surface area (Å²) in [6, 6.07) is 7.31. The summed E-state index contributed by atoms with van der Waals surface area (Å²) in [6.45, 7) is 1.91. The molecule has 0 aliphatic rings. The van der Waals surface area contributed by atoms with E-state index in [1.807, 2.05) is 29.8 Å². The van der Waals surface area contributed by atoms with Crippen molar-refractivity contribution in [1.29, 1.82) is 0 Å². The molecule has 23 heavy (non-hydrogen) atoms. The monoisotopic (exact) mass is 347 g/mol. The Morgan fingerprint density at radius 3 is 3.04 bits per heavy atom. The third-order valence-electron chi connectivity index (χ3n) is 3.29. The Bertz CT molecular complexity index is 815. The van der Waals surface area contributed by atoms with E-state index in [9.17, 15) is 4.79 Å². The van der Waals surface area contributed by atoms with Gasteiger partial charge >= 0.3 is 0 Å². The van der Waals surface area contributed by atoms with E-state index >= 15 is 0 Å². The zero-order valence-electron chi connectivity index (χ0n) is 12.4. The van der Waals surface area contributed by atoms with E-state index in [1.54, 1.807) is 23.5 Å². The number of aromatic nitrogens is 2. The van der Waals surface area contributed by atoms with Crippen LogP contribution in [0.2, 0.25) is 5.02 Å². The first-order valence-electron chi connectivity index (χ1n) is 7.03. The maximum Gasteiger partial charge on any atom is 0.227 e. The first-order valence-corrected chi connectivity index (χ1v) is 8.35. The Balaban J connectivity index is 1.58. The zero-order chi connectivity index (χ0) is 16.2. The molecule has 0 bridgehead atoms. The summed E-state index contributed by atoms with van der Waals surface area (Å²) in [4.78, 5) is 16.3. The minimum atomic E-state index is -0.120. The summed E-state index contributed by atoms with van der Waals surface area (Å²) >= 11 is 7.51. The molecule has 0 fully saturated rings. The summed E-state index contributed by atoms with van der Waals surface area (Å²) in [6.07, 6.45) is 0.653. The molecular formula is C16H14ClN3O2S. The van der Waals surface area contributed by atoms with Gasteiger partial charge in [-0.2, -0.15) is 16.3 Å². The summed E-state index contributed by atoms with van der Waals surface area (Å²) in [7, 11) is 0. The van der Waals surface area contributed by atoms with Crippen LogP contribution in [-0.4, -0.2) is 16.0 Å². The number of amides is 1. The highest BCUT2D eigenvalue weighted by Crippen LogP contribution is 2.21. The standard InChI is InChI=1S/C16H14ClN3O2S/c1-10-2-3-12(17)8-13(10)18-14(21)4-5-15-19-16(20-22-15)11-6-7-23-9-11/h2-3,6-9H,4-5H2,1H3,(H,18,21). The number of benzene rings is 1. The number of nitrogens with one attached hydrogen (secondary N) is 1. The number of nitrogens with zero attached hydrogens (tertiary/aromatic N) is 2. The molecule has 1 N–H and O–H groups in total. The maximum atomic E-state index is 12.0. The fourth-order valence-electron chi connectivity index (χ4n) is 2.03. The molecule has 0 atom stereocenters. The van der Waals surface area contributed by atoms with E-state index in [0.29, 0.717) is 28.8 Å². The summed E-state index contributed by atoms with van der Waals surface area (Å²) in [5.74, 6) is 0.877. The van der Waals surface area contributed by atoms with Gasteiger partial charge in [0.2, 0.25) is 17.6 Å². The number of carbonyl (C=O) groups excluding carboxylic acids is 1. The largest absolute Gasteiger partial charge is 0.339 e. The summed E-state index contributed by atoms with van der Waals surface area (Å²) < 4.78 is 5.17. The van der Waals surface area contributed by atoms with Gasteiger partial charge in [0.1, 0.15) is 0 Å². The van der Waals surface area contributed by atoms with E-state index in [1.165, 1.54) is 0 Å². The number of rotatable bonds is 5. The van der Waals surface area contributed by atoms with Crippen LogP contribution in [0.4, 0.5) is 5.69 Å². The predicted molar refractivity (Wildman–Crippen MR) is 90.8 cm³/mol. The lowest BCUT2D eigenvalue weighted by Crippen LogP contribution is -2.13. The Kier molecular flexibility index (Phi) is 4.73. The van der Waals surface area contributed by atoms with Gasteiger partial charge in [-0.25, -0.2) is 0 Å². The van der Waals surface area contributed by atoms with Gasteiger partial charge in [-0.3, -0.25) is 4.79 Å². The van der Waals surface area contributed by atoms with Crippen LogP contribution in [0, 0.1) is 6.92 Å². The molecule has 0 saturated carbocycles. The second kappa shape index (κ2) is 6.93. The average Bonchev–Trinajstić information content (AvgIpc) is 3.19. The summed E-state index contributed by atoms with van der Waals surface area (Å²) in [5.41, 5.74) is 2.59. The number of aryl methyl sites for hydroxylation is 2. The van der Waals surface area contributed by atoms with Crippen LogP contribution in [-0.2, 0) is 11.2 Å². The van der Waals surface area contributed by atoms with Crippen molar-refractivity contribution in [3.8, 4) is 11.4 Å². The lowest BCUT2D eigenvalue weighted by molar-refractivity contribution is -0.116. The van der Waals surface area contributed by atoms with Gasteiger partial charge in [0.05, 0.1) is 0 Å². The fourth-order valence-corrected chi connectivity index (χ4v) is 2.83. The minimum absolute atomic E-state index is 0.120. The molecule has 1 aromatic carbocycles. The first kappa shape index (κ1) is 15.7. The lowest BCUT2D eigenvalue weighted by atomic mass is 10.2. The molecule has 118 valence electrons. The van der Waals surface area contributed by atoms with Crippen LogP contribution < -0.4 is 5.32 Å². The van der Waals surface area contributed by atoms with Crippen LogP contribution in [0.15, 0.2) is 39.5 Å². The van der Waals surface area contributed by atoms with E-state index in [-0.39, 0.29) is 12.3 Å². The van der Waals surface area contributed by atoms with Crippen molar-refractivity contribution >= 4 is 34.5 Å². The molecule has 5 nitrogen and oxygen atoms in total. The van der Waals surface area contributed by atoms with Crippen molar-refractivity contribution in [2.45, 2.75) is 19.8 Å². The SMILES string of the molecule is Cc1ccc(Cl)cc1NC(=O)CCc1nc(-c2ccsc2)no1. The zero-order valence-corrected chi connectivity index (χ0v) is 13.9. The third kappa shape index (κ3) is 3.97. The number of hydrogen-bond donors (Lipinski definition) is 1. The second-order valence-corrected chi connectivity index (χ2v) is 6.25. The lowest BCUT2D eigenvalue weighted by Gasteiger charge is -2.08. The normalized spacial score (nSPS) is 10.7. The molecule has 0 aliphatic heterocycles. The first-order chi connectivity index (χ1) is 11.1. The molecule has 3 rings (SSSR count). The van der Waals surface area contributed by atoms with E-state index in [4.69, 9.17) is 16.1 Å². The van der Waals surface area contributed by atoms with E-state index < -0.39 is 0 Å². The van der Waals surface area contributed by atoms with Crippen LogP contribution in [0.25, 0.3) is 11.4 Å². The Morgan fingerprint density at radius 1 is 1.39 bits per heavy atom. The van der Waals surface area contributed by atoms with Gasteiger partial charge in [0.25, 0.3) is 0 Å². The molecule has 0 aliphatic carbocycles. The van der Waals surface area contributed by atoms with Crippen molar-refractivity contribution in [1.82, 2.24) is 10.1 Å². The number of halogens is 1. The molecule has 2 heterocycles. The van der Waals surface area contributed by atoms with Gasteiger partial charge < -0.3 is 9.84 Å². The van der Waals surface area contributed by atoms with Gasteiger partial charge in [-0.05, 0) is 36.1 Å². The van der Waals surface area contributed by atoms with Gasteiger partial charge in [-0.15, -0.1) is 0 Å². The Hall–Kier alpha value is -2.18. The van der Waals surface area contributed by atoms with Gasteiger partial charge in [0.15, 0.2) is 0 Å². The van der Waals surface area contributed by atoms with Crippen molar-refractivity contribution in [2.75, 3.05) is 5.32 Å². The smallest absolute Gasteiger partial charge is 0.227 e. The minimum Gasteiger partial charge on any atom is -0.339 e. The van der Waals surface area contributed by atoms with Crippen LogP contribution in [0.3, 0.4) is 0 Å². The molecule has 0 unspecified atom stereocenters. The molecular weight excluding hydrogens is 334 g/mol. The maximum absolute atomic E-state index is 12.0. The molecule has 0 radical (unpaired) electrons. The number of anilines is 1. The van der Waals surface area contributed by atoms with Crippen LogP contribution in [0.5, 0.6) is 0 Å². The van der Waals surface area contributed by atoms with Crippen molar-refractivity contribution in [2.24, 2.45) is 0 Å². The number of hydrogen-bond acceptors (Lipinski definition) is 5. The average molecular weight is 348 g/mol. The molecule has 0 spiro atoms. The summed E-state index contributed by atoms with van der Waals surface area (Å²) in [5, 5.41) is 11.2. The van der Waals surface area contributed by atoms with E-state index in [2.05, 4.69) is 15.5 Å². The quantitative estimate of drug-likeness (QED) is 0.745. The Labute approximate surface area is 142 Å². The highest BCUT2D eigenvalue weighted by molar-refractivity contribution is 7.08. The molecule has 3 aromatic rings. The second-order valence-electron chi connectivity index (χ2n) is 5.03. The van der Waals surface area contributed by atoms with Crippen molar-refractivity contribution in [3.05, 3.63) is 51.5 Å². The van der Waals surface area contributed by atoms with Crippen LogP contribution >= 0.6 is 22.9 Å². The number of thiophene rings is 1. The topological polar surface area (TPSA) is 68.0 Å². The third-order valence-corrected chi connectivity index (χ3v) is 4.21. The molecule has 0 saturated heterocycles. The van der Waals surface area contributed by atoms with E-state index in [0.717, 1.165) is 11.1 Å².